The number of rotatable bonds is 6. The maximum atomic E-state index is 11.7. The van der Waals surface area contributed by atoms with Crippen LogP contribution in [-0.2, 0) is 6.42 Å². The van der Waals surface area contributed by atoms with Crippen molar-refractivity contribution < 1.29 is 4.79 Å². The van der Waals surface area contributed by atoms with E-state index in [0.717, 1.165) is 31.4 Å². The number of hydrogen-bond acceptors (Lipinski definition) is 2. The van der Waals surface area contributed by atoms with Gasteiger partial charge >= 0.3 is 0 Å². The molecule has 0 bridgehead atoms. The molecular weight excluding hydrogens is 242 g/mol. The maximum absolute atomic E-state index is 11.7. The van der Waals surface area contributed by atoms with Crippen LogP contribution in [-0.4, -0.2) is 12.5 Å². The standard InChI is InChI=1S/C15H17NOS/c17-15(13-7-2-1-3-8-13)16-11-5-4-9-14-10-6-12-18-14/h1-3,6-8,10,12H,4-5,9,11H2,(H,16,17). The zero-order valence-electron chi connectivity index (χ0n) is 10.3. The summed E-state index contributed by atoms with van der Waals surface area (Å²) in [7, 11) is 0. The highest BCUT2D eigenvalue weighted by molar-refractivity contribution is 7.09. The summed E-state index contributed by atoms with van der Waals surface area (Å²) in [5.74, 6) is 0.0201. The molecule has 0 spiro atoms. The molecule has 3 heteroatoms. The molecule has 1 aromatic carbocycles. The fraction of sp³-hybridized carbons (Fsp3) is 0.267. The minimum absolute atomic E-state index is 0.0201. The molecule has 0 atom stereocenters. The van der Waals surface area contributed by atoms with E-state index in [2.05, 4.69) is 22.8 Å². The molecule has 1 aromatic heterocycles. The Hall–Kier alpha value is -1.61. The Labute approximate surface area is 112 Å². The van der Waals surface area contributed by atoms with E-state index in [9.17, 15) is 4.79 Å². The topological polar surface area (TPSA) is 29.1 Å². The summed E-state index contributed by atoms with van der Waals surface area (Å²) < 4.78 is 0. The Bertz CT molecular complexity index is 465. The molecule has 0 aliphatic rings. The molecule has 1 amide bonds. The van der Waals surface area contributed by atoms with Crippen LogP contribution >= 0.6 is 11.3 Å². The van der Waals surface area contributed by atoms with E-state index in [0.29, 0.717) is 0 Å². The summed E-state index contributed by atoms with van der Waals surface area (Å²) in [5.41, 5.74) is 0.732. The van der Waals surface area contributed by atoms with E-state index in [4.69, 9.17) is 0 Å². The minimum atomic E-state index is 0.0201. The first-order chi connectivity index (χ1) is 8.86. The molecule has 0 aliphatic heterocycles. The largest absolute Gasteiger partial charge is 0.352 e. The van der Waals surface area contributed by atoms with Crippen LogP contribution in [0.15, 0.2) is 47.8 Å². The van der Waals surface area contributed by atoms with Crippen LogP contribution in [0.4, 0.5) is 0 Å². The van der Waals surface area contributed by atoms with E-state index in [1.807, 2.05) is 30.3 Å². The Kier molecular flexibility index (Phi) is 4.97. The third kappa shape index (κ3) is 4.00. The third-order valence-corrected chi connectivity index (χ3v) is 3.69. The molecule has 0 saturated heterocycles. The van der Waals surface area contributed by atoms with E-state index in [-0.39, 0.29) is 5.91 Å². The normalized spacial score (nSPS) is 10.2. The predicted molar refractivity (Wildman–Crippen MR) is 76.0 cm³/mol. The summed E-state index contributed by atoms with van der Waals surface area (Å²) in [4.78, 5) is 13.1. The first kappa shape index (κ1) is 12.8. The summed E-state index contributed by atoms with van der Waals surface area (Å²) in [6, 6.07) is 13.6. The SMILES string of the molecule is O=C(NCCCCc1cccs1)c1ccccc1. The average Bonchev–Trinajstić information content (AvgIpc) is 2.92. The Morgan fingerprint density at radius 1 is 1.06 bits per heavy atom. The number of aryl methyl sites for hydroxylation is 1. The molecule has 0 saturated carbocycles. The van der Waals surface area contributed by atoms with Crippen LogP contribution in [0, 0.1) is 0 Å². The first-order valence-electron chi connectivity index (χ1n) is 6.22. The number of carbonyl (C=O) groups is 1. The summed E-state index contributed by atoms with van der Waals surface area (Å²) in [5, 5.41) is 5.05. The van der Waals surface area contributed by atoms with Crippen LogP contribution in [0.25, 0.3) is 0 Å². The molecule has 2 nitrogen and oxygen atoms in total. The summed E-state index contributed by atoms with van der Waals surface area (Å²) in [6.07, 6.45) is 3.25. The van der Waals surface area contributed by atoms with E-state index < -0.39 is 0 Å². The lowest BCUT2D eigenvalue weighted by molar-refractivity contribution is 0.0953. The molecule has 0 unspecified atom stereocenters. The highest BCUT2D eigenvalue weighted by Crippen LogP contribution is 2.11. The van der Waals surface area contributed by atoms with Crippen LogP contribution in [0.5, 0.6) is 0 Å². The second-order valence-corrected chi connectivity index (χ2v) is 5.19. The van der Waals surface area contributed by atoms with Gasteiger partial charge in [0.15, 0.2) is 0 Å². The molecule has 94 valence electrons. The van der Waals surface area contributed by atoms with E-state index in [1.54, 1.807) is 11.3 Å². The van der Waals surface area contributed by atoms with Crippen molar-refractivity contribution in [2.75, 3.05) is 6.54 Å². The van der Waals surface area contributed by atoms with Crippen LogP contribution in [0.1, 0.15) is 28.1 Å². The molecule has 0 radical (unpaired) electrons. The Morgan fingerprint density at radius 2 is 1.89 bits per heavy atom. The smallest absolute Gasteiger partial charge is 0.251 e. The van der Waals surface area contributed by atoms with Gasteiger partial charge < -0.3 is 5.32 Å². The van der Waals surface area contributed by atoms with Gasteiger partial charge in [0.1, 0.15) is 0 Å². The van der Waals surface area contributed by atoms with Crippen molar-refractivity contribution in [1.82, 2.24) is 5.32 Å². The van der Waals surface area contributed by atoms with Crippen LogP contribution in [0.2, 0.25) is 0 Å². The fourth-order valence-electron chi connectivity index (χ4n) is 1.77. The van der Waals surface area contributed by atoms with Gasteiger partial charge in [-0.15, -0.1) is 11.3 Å². The molecule has 18 heavy (non-hydrogen) atoms. The van der Waals surface area contributed by atoms with E-state index >= 15 is 0 Å². The number of thiophene rings is 1. The molecule has 1 heterocycles. The summed E-state index contributed by atoms with van der Waals surface area (Å²) in [6.45, 7) is 0.749. The third-order valence-electron chi connectivity index (χ3n) is 2.75. The Morgan fingerprint density at radius 3 is 2.61 bits per heavy atom. The van der Waals surface area contributed by atoms with Crippen LogP contribution in [0.3, 0.4) is 0 Å². The molecule has 2 rings (SSSR count). The molecular formula is C15H17NOS. The van der Waals surface area contributed by atoms with Crippen molar-refractivity contribution in [2.45, 2.75) is 19.3 Å². The lowest BCUT2D eigenvalue weighted by Gasteiger charge is -2.04. The second kappa shape index (κ2) is 6.97. The molecule has 2 aromatic rings. The zero-order chi connectivity index (χ0) is 12.6. The minimum Gasteiger partial charge on any atom is -0.352 e. The van der Waals surface area contributed by atoms with Gasteiger partial charge in [0.2, 0.25) is 0 Å². The van der Waals surface area contributed by atoms with Gasteiger partial charge in [-0.3, -0.25) is 4.79 Å². The van der Waals surface area contributed by atoms with Gasteiger partial charge in [0.05, 0.1) is 0 Å². The lowest BCUT2D eigenvalue weighted by atomic mass is 10.2. The number of nitrogens with one attached hydrogen (secondary N) is 1. The number of amides is 1. The van der Waals surface area contributed by atoms with Gasteiger partial charge in [-0.25, -0.2) is 0 Å². The van der Waals surface area contributed by atoms with Crippen molar-refractivity contribution in [1.29, 1.82) is 0 Å². The van der Waals surface area contributed by atoms with Crippen molar-refractivity contribution in [3.05, 3.63) is 58.3 Å². The first-order valence-corrected chi connectivity index (χ1v) is 7.10. The quantitative estimate of drug-likeness (QED) is 0.790. The van der Waals surface area contributed by atoms with Crippen molar-refractivity contribution in [3.8, 4) is 0 Å². The number of benzene rings is 1. The highest BCUT2D eigenvalue weighted by Gasteiger charge is 2.02. The van der Waals surface area contributed by atoms with Gasteiger partial charge in [0, 0.05) is 17.0 Å². The van der Waals surface area contributed by atoms with Crippen molar-refractivity contribution in [2.24, 2.45) is 0 Å². The van der Waals surface area contributed by atoms with E-state index in [1.165, 1.54) is 4.88 Å². The van der Waals surface area contributed by atoms with Gasteiger partial charge in [-0.05, 0) is 42.8 Å². The monoisotopic (exact) mass is 259 g/mol. The zero-order valence-corrected chi connectivity index (χ0v) is 11.1. The maximum Gasteiger partial charge on any atom is 0.251 e. The fourth-order valence-corrected chi connectivity index (χ4v) is 2.52. The van der Waals surface area contributed by atoms with Gasteiger partial charge in [-0.2, -0.15) is 0 Å². The Balaban J connectivity index is 1.62. The summed E-state index contributed by atoms with van der Waals surface area (Å²) >= 11 is 1.80. The van der Waals surface area contributed by atoms with Gasteiger partial charge in [-0.1, -0.05) is 24.3 Å². The molecule has 1 N–H and O–H groups in total. The van der Waals surface area contributed by atoms with Crippen molar-refractivity contribution >= 4 is 17.2 Å². The number of hydrogen-bond donors (Lipinski definition) is 1. The average molecular weight is 259 g/mol. The molecule has 0 fully saturated rings. The van der Waals surface area contributed by atoms with Crippen LogP contribution < -0.4 is 5.32 Å². The number of unbranched alkanes of at least 4 members (excludes halogenated alkanes) is 1. The number of carbonyl (C=O) groups excluding carboxylic acids is 1. The lowest BCUT2D eigenvalue weighted by Crippen LogP contribution is -2.24. The second-order valence-electron chi connectivity index (χ2n) is 4.16. The predicted octanol–water partition coefficient (Wildman–Crippen LogP) is 3.50. The van der Waals surface area contributed by atoms with Crippen molar-refractivity contribution in [3.63, 3.8) is 0 Å². The van der Waals surface area contributed by atoms with Gasteiger partial charge in [0.25, 0.3) is 5.91 Å². The molecule has 0 aliphatic carbocycles. The highest BCUT2D eigenvalue weighted by atomic mass is 32.1.